The molecule has 0 aliphatic carbocycles. The quantitative estimate of drug-likeness (QED) is 0.879. The van der Waals surface area contributed by atoms with Gasteiger partial charge in [-0.2, -0.15) is 0 Å². The van der Waals surface area contributed by atoms with Crippen molar-refractivity contribution in [1.29, 1.82) is 0 Å². The van der Waals surface area contributed by atoms with E-state index in [1.807, 2.05) is 0 Å². The lowest BCUT2D eigenvalue weighted by Gasteiger charge is -2.30. The molecule has 0 spiro atoms. The van der Waals surface area contributed by atoms with E-state index in [1.54, 1.807) is 0 Å². The first-order chi connectivity index (χ1) is 7.63. The number of nitrogens with zero attached hydrogens (tertiary/aromatic N) is 1. The number of hydrogen-bond donors (Lipinski definition) is 1. The van der Waals surface area contributed by atoms with Gasteiger partial charge in [-0.3, -0.25) is 4.90 Å². The van der Waals surface area contributed by atoms with Crippen LogP contribution in [0.25, 0.3) is 0 Å². The number of benzene rings is 1. The fraction of sp³-hybridized carbons (Fsp3) is 0.571. The SMILES string of the molecule is Cc1cc(C)cc(CN2CCC[C@@H](N)C2)c1.Cl. The first-order valence-corrected chi connectivity index (χ1v) is 6.18. The molecule has 2 rings (SSSR count). The molecule has 1 saturated heterocycles. The van der Waals surface area contributed by atoms with Crippen LogP contribution in [0, 0.1) is 13.8 Å². The number of aryl methyl sites for hydroxylation is 2. The van der Waals surface area contributed by atoms with Gasteiger partial charge >= 0.3 is 0 Å². The first-order valence-electron chi connectivity index (χ1n) is 6.18. The Labute approximate surface area is 111 Å². The molecule has 2 N–H and O–H groups in total. The molecular formula is C14H23ClN2. The Hall–Kier alpha value is -0.570. The molecule has 1 fully saturated rings. The highest BCUT2D eigenvalue weighted by Crippen LogP contribution is 2.15. The van der Waals surface area contributed by atoms with Gasteiger partial charge in [0.05, 0.1) is 0 Å². The molecule has 0 saturated carbocycles. The molecule has 0 bridgehead atoms. The van der Waals surface area contributed by atoms with Crippen LogP contribution < -0.4 is 5.73 Å². The maximum atomic E-state index is 6.00. The number of rotatable bonds is 2. The van der Waals surface area contributed by atoms with Gasteiger partial charge in [-0.15, -0.1) is 12.4 Å². The Kier molecular flexibility index (Phi) is 5.44. The number of nitrogens with two attached hydrogens (primary N) is 1. The highest BCUT2D eigenvalue weighted by Gasteiger charge is 2.16. The van der Waals surface area contributed by atoms with Gasteiger partial charge in [0.2, 0.25) is 0 Å². The molecule has 0 unspecified atom stereocenters. The Morgan fingerprint density at radius 1 is 1.24 bits per heavy atom. The zero-order chi connectivity index (χ0) is 11.5. The van der Waals surface area contributed by atoms with Gasteiger partial charge in [-0.25, -0.2) is 0 Å². The van der Waals surface area contributed by atoms with Crippen LogP contribution in [0.15, 0.2) is 18.2 Å². The number of halogens is 1. The maximum absolute atomic E-state index is 6.00. The molecule has 1 aliphatic heterocycles. The standard InChI is InChI=1S/C14H22N2.ClH/c1-11-6-12(2)8-13(7-11)9-16-5-3-4-14(15)10-16;/h6-8,14H,3-5,9-10,15H2,1-2H3;1H/t14-;/m1./s1. The summed E-state index contributed by atoms with van der Waals surface area (Å²) in [6.07, 6.45) is 2.43. The Morgan fingerprint density at radius 2 is 1.88 bits per heavy atom. The van der Waals surface area contributed by atoms with Gasteiger partial charge < -0.3 is 5.73 Å². The van der Waals surface area contributed by atoms with Crippen molar-refractivity contribution in [3.8, 4) is 0 Å². The summed E-state index contributed by atoms with van der Waals surface area (Å²) in [7, 11) is 0. The minimum Gasteiger partial charge on any atom is -0.327 e. The third-order valence-electron chi connectivity index (χ3n) is 3.23. The molecule has 1 atom stereocenters. The van der Waals surface area contributed by atoms with Crippen molar-refractivity contribution in [3.63, 3.8) is 0 Å². The van der Waals surface area contributed by atoms with Crippen LogP contribution in [0.1, 0.15) is 29.5 Å². The molecule has 17 heavy (non-hydrogen) atoms. The minimum absolute atomic E-state index is 0. The lowest BCUT2D eigenvalue weighted by molar-refractivity contribution is 0.201. The smallest absolute Gasteiger partial charge is 0.0234 e. The van der Waals surface area contributed by atoms with E-state index in [9.17, 15) is 0 Å². The van der Waals surface area contributed by atoms with Crippen molar-refractivity contribution in [3.05, 3.63) is 34.9 Å². The molecular weight excluding hydrogens is 232 g/mol. The van der Waals surface area contributed by atoms with Crippen molar-refractivity contribution in [1.82, 2.24) is 4.90 Å². The second-order valence-electron chi connectivity index (χ2n) is 5.13. The van der Waals surface area contributed by atoms with Gasteiger partial charge in [0.15, 0.2) is 0 Å². The van der Waals surface area contributed by atoms with E-state index in [0.717, 1.165) is 13.1 Å². The highest BCUT2D eigenvalue weighted by atomic mass is 35.5. The van der Waals surface area contributed by atoms with E-state index in [-0.39, 0.29) is 12.4 Å². The van der Waals surface area contributed by atoms with Gasteiger partial charge in [-0.05, 0) is 38.8 Å². The zero-order valence-corrected chi connectivity index (χ0v) is 11.6. The van der Waals surface area contributed by atoms with E-state index < -0.39 is 0 Å². The Bertz CT molecular complexity index is 345. The van der Waals surface area contributed by atoms with Crippen LogP contribution in [0.3, 0.4) is 0 Å². The van der Waals surface area contributed by atoms with Crippen molar-refractivity contribution < 1.29 is 0 Å². The topological polar surface area (TPSA) is 29.3 Å². The molecule has 2 nitrogen and oxygen atoms in total. The van der Waals surface area contributed by atoms with Gasteiger partial charge in [0.1, 0.15) is 0 Å². The third-order valence-corrected chi connectivity index (χ3v) is 3.23. The summed E-state index contributed by atoms with van der Waals surface area (Å²) in [5.41, 5.74) is 10.1. The third kappa shape index (κ3) is 4.30. The molecule has 1 aromatic rings. The fourth-order valence-corrected chi connectivity index (χ4v) is 2.65. The summed E-state index contributed by atoms with van der Waals surface area (Å²) in [4.78, 5) is 2.47. The van der Waals surface area contributed by atoms with E-state index in [2.05, 4.69) is 36.9 Å². The average molecular weight is 255 g/mol. The van der Waals surface area contributed by atoms with Crippen LogP contribution in [-0.4, -0.2) is 24.0 Å². The fourth-order valence-electron chi connectivity index (χ4n) is 2.65. The largest absolute Gasteiger partial charge is 0.327 e. The number of piperidine rings is 1. The predicted molar refractivity (Wildman–Crippen MR) is 75.7 cm³/mol. The molecule has 0 radical (unpaired) electrons. The summed E-state index contributed by atoms with van der Waals surface area (Å²) in [5, 5.41) is 0. The van der Waals surface area contributed by atoms with E-state index in [1.165, 1.54) is 36.1 Å². The van der Waals surface area contributed by atoms with Crippen molar-refractivity contribution >= 4 is 12.4 Å². The summed E-state index contributed by atoms with van der Waals surface area (Å²) in [6.45, 7) is 7.63. The lowest BCUT2D eigenvalue weighted by Crippen LogP contribution is -2.42. The molecule has 1 aromatic carbocycles. The van der Waals surface area contributed by atoms with Crippen LogP contribution >= 0.6 is 12.4 Å². The normalized spacial score (nSPS) is 21.0. The monoisotopic (exact) mass is 254 g/mol. The highest BCUT2D eigenvalue weighted by molar-refractivity contribution is 5.85. The van der Waals surface area contributed by atoms with Crippen LogP contribution in [0.2, 0.25) is 0 Å². The van der Waals surface area contributed by atoms with Crippen molar-refractivity contribution in [2.75, 3.05) is 13.1 Å². The van der Waals surface area contributed by atoms with Crippen molar-refractivity contribution in [2.24, 2.45) is 5.73 Å². The van der Waals surface area contributed by atoms with Gasteiger partial charge in [0.25, 0.3) is 0 Å². The summed E-state index contributed by atoms with van der Waals surface area (Å²) < 4.78 is 0. The van der Waals surface area contributed by atoms with Crippen LogP contribution in [0.4, 0.5) is 0 Å². The summed E-state index contributed by atoms with van der Waals surface area (Å²) in [6, 6.07) is 7.17. The average Bonchev–Trinajstić information content (AvgIpc) is 2.15. The van der Waals surface area contributed by atoms with Gasteiger partial charge in [-0.1, -0.05) is 29.3 Å². The predicted octanol–water partition coefficient (Wildman–Crippen LogP) is 2.65. The number of likely N-dealkylation sites (tertiary alicyclic amines) is 1. The molecule has 0 amide bonds. The van der Waals surface area contributed by atoms with E-state index in [0.29, 0.717) is 6.04 Å². The summed E-state index contributed by atoms with van der Waals surface area (Å²) >= 11 is 0. The summed E-state index contributed by atoms with van der Waals surface area (Å²) in [5.74, 6) is 0. The lowest BCUT2D eigenvalue weighted by atomic mass is 10.0. The van der Waals surface area contributed by atoms with E-state index >= 15 is 0 Å². The molecule has 96 valence electrons. The molecule has 1 aliphatic rings. The van der Waals surface area contributed by atoms with Gasteiger partial charge in [0, 0.05) is 19.1 Å². The first kappa shape index (κ1) is 14.5. The molecule has 1 heterocycles. The Morgan fingerprint density at radius 3 is 2.47 bits per heavy atom. The van der Waals surface area contributed by atoms with Crippen molar-refractivity contribution in [2.45, 2.75) is 39.3 Å². The molecule has 0 aromatic heterocycles. The maximum Gasteiger partial charge on any atom is 0.0234 e. The Balaban J connectivity index is 0.00000144. The second-order valence-corrected chi connectivity index (χ2v) is 5.13. The zero-order valence-electron chi connectivity index (χ0n) is 10.8. The van der Waals surface area contributed by atoms with Crippen LogP contribution in [-0.2, 0) is 6.54 Å². The second kappa shape index (κ2) is 6.39. The van der Waals surface area contributed by atoms with Crippen LogP contribution in [0.5, 0.6) is 0 Å². The van der Waals surface area contributed by atoms with E-state index in [4.69, 9.17) is 5.73 Å². The number of hydrogen-bond acceptors (Lipinski definition) is 2. The molecule has 3 heteroatoms. The minimum atomic E-state index is 0.